The SMILES string of the molecule is O=c1c2ccccc2nc2sc(NCc3ccc(Sc4ccccc4)cc3)nn12. The van der Waals surface area contributed by atoms with Crippen LogP contribution in [-0.2, 0) is 6.54 Å². The number of benzene rings is 3. The van der Waals surface area contributed by atoms with Crippen molar-refractivity contribution in [2.24, 2.45) is 0 Å². The van der Waals surface area contributed by atoms with Gasteiger partial charge in [-0.05, 0) is 42.0 Å². The van der Waals surface area contributed by atoms with Crippen molar-refractivity contribution >= 4 is 44.1 Å². The second-order valence-corrected chi connectivity index (χ2v) is 8.55. The van der Waals surface area contributed by atoms with Crippen LogP contribution in [0.4, 0.5) is 5.13 Å². The molecule has 0 spiro atoms. The number of anilines is 1. The van der Waals surface area contributed by atoms with E-state index in [4.69, 9.17) is 0 Å². The van der Waals surface area contributed by atoms with Gasteiger partial charge in [0.2, 0.25) is 10.1 Å². The molecule has 0 radical (unpaired) electrons. The predicted octanol–water partition coefficient (Wildman–Crippen LogP) is 5.07. The first-order chi connectivity index (χ1) is 14.3. The molecule has 0 amide bonds. The summed E-state index contributed by atoms with van der Waals surface area (Å²) in [5.74, 6) is 0. The summed E-state index contributed by atoms with van der Waals surface area (Å²) in [6.07, 6.45) is 0. The van der Waals surface area contributed by atoms with Gasteiger partial charge in [0.15, 0.2) is 0 Å². The molecule has 0 atom stereocenters. The van der Waals surface area contributed by atoms with Gasteiger partial charge in [0.1, 0.15) is 0 Å². The minimum absolute atomic E-state index is 0.141. The topological polar surface area (TPSA) is 59.3 Å². The predicted molar refractivity (Wildman–Crippen MR) is 119 cm³/mol. The second kappa shape index (κ2) is 7.69. The van der Waals surface area contributed by atoms with E-state index in [0.717, 1.165) is 5.56 Å². The highest BCUT2D eigenvalue weighted by atomic mass is 32.2. The van der Waals surface area contributed by atoms with Gasteiger partial charge in [0, 0.05) is 16.3 Å². The van der Waals surface area contributed by atoms with Gasteiger partial charge in [0.05, 0.1) is 10.9 Å². The van der Waals surface area contributed by atoms with Crippen molar-refractivity contribution in [2.45, 2.75) is 16.3 Å². The summed E-state index contributed by atoms with van der Waals surface area (Å²) < 4.78 is 1.37. The first kappa shape index (κ1) is 17.9. The van der Waals surface area contributed by atoms with E-state index < -0.39 is 0 Å². The molecule has 7 heteroatoms. The molecule has 0 bridgehead atoms. The van der Waals surface area contributed by atoms with Gasteiger partial charge in [0.25, 0.3) is 5.56 Å². The van der Waals surface area contributed by atoms with Crippen LogP contribution in [0, 0.1) is 0 Å². The van der Waals surface area contributed by atoms with E-state index >= 15 is 0 Å². The van der Waals surface area contributed by atoms with Crippen molar-refractivity contribution < 1.29 is 0 Å². The van der Waals surface area contributed by atoms with Crippen molar-refractivity contribution in [2.75, 3.05) is 5.32 Å². The van der Waals surface area contributed by atoms with Crippen molar-refractivity contribution in [1.82, 2.24) is 14.6 Å². The fourth-order valence-corrected chi connectivity index (χ4v) is 4.64. The Balaban J connectivity index is 1.32. The average molecular weight is 417 g/mol. The minimum atomic E-state index is -0.141. The minimum Gasteiger partial charge on any atom is -0.356 e. The summed E-state index contributed by atoms with van der Waals surface area (Å²) in [5.41, 5.74) is 1.70. The van der Waals surface area contributed by atoms with E-state index in [1.807, 2.05) is 36.4 Å². The lowest BCUT2D eigenvalue weighted by Crippen LogP contribution is -2.15. The van der Waals surface area contributed by atoms with Crippen LogP contribution in [0.15, 0.2) is 93.4 Å². The number of para-hydroxylation sites is 1. The first-order valence-corrected chi connectivity index (χ1v) is 10.7. The van der Waals surface area contributed by atoms with Gasteiger partial charge >= 0.3 is 0 Å². The fourth-order valence-electron chi connectivity index (χ4n) is 3.00. The molecule has 0 aliphatic carbocycles. The number of rotatable bonds is 5. The molecule has 142 valence electrons. The first-order valence-electron chi connectivity index (χ1n) is 9.11. The van der Waals surface area contributed by atoms with Crippen LogP contribution in [0.1, 0.15) is 5.56 Å². The fraction of sp³-hybridized carbons (Fsp3) is 0.0455. The average Bonchev–Trinajstić information content (AvgIpc) is 3.17. The summed E-state index contributed by atoms with van der Waals surface area (Å²) in [4.78, 5) is 20.1. The number of nitrogens with one attached hydrogen (secondary N) is 1. The molecular formula is C22H16N4OS2. The van der Waals surface area contributed by atoms with Crippen molar-refractivity contribution in [3.05, 3.63) is 94.8 Å². The van der Waals surface area contributed by atoms with E-state index in [-0.39, 0.29) is 5.56 Å². The molecule has 2 aromatic heterocycles. The number of hydrogen-bond acceptors (Lipinski definition) is 6. The largest absolute Gasteiger partial charge is 0.356 e. The summed E-state index contributed by atoms with van der Waals surface area (Å²) >= 11 is 3.12. The summed E-state index contributed by atoms with van der Waals surface area (Å²) in [7, 11) is 0. The molecule has 0 fully saturated rings. The highest BCUT2D eigenvalue weighted by molar-refractivity contribution is 7.99. The van der Waals surface area contributed by atoms with E-state index in [1.165, 1.54) is 25.6 Å². The molecule has 29 heavy (non-hydrogen) atoms. The van der Waals surface area contributed by atoms with E-state index in [0.29, 0.717) is 27.5 Å². The molecule has 5 rings (SSSR count). The Bertz CT molecular complexity index is 1340. The van der Waals surface area contributed by atoms with Gasteiger partial charge in [-0.1, -0.05) is 65.6 Å². The van der Waals surface area contributed by atoms with Crippen molar-refractivity contribution in [3.63, 3.8) is 0 Å². The van der Waals surface area contributed by atoms with Gasteiger partial charge < -0.3 is 5.32 Å². The molecule has 5 nitrogen and oxygen atoms in total. The Morgan fingerprint density at radius 1 is 0.897 bits per heavy atom. The lowest BCUT2D eigenvalue weighted by Gasteiger charge is -2.05. The zero-order chi connectivity index (χ0) is 19.6. The summed E-state index contributed by atoms with van der Waals surface area (Å²) in [5, 5.41) is 8.95. The molecule has 3 aromatic carbocycles. The molecular weight excluding hydrogens is 400 g/mol. The monoisotopic (exact) mass is 416 g/mol. The Hall–Kier alpha value is -3.16. The van der Waals surface area contributed by atoms with Crippen LogP contribution in [-0.4, -0.2) is 14.6 Å². The molecule has 0 aliphatic rings. The maximum atomic E-state index is 12.6. The summed E-state index contributed by atoms with van der Waals surface area (Å²) in [6, 6.07) is 26.1. The van der Waals surface area contributed by atoms with Gasteiger partial charge in [-0.2, -0.15) is 4.52 Å². The molecule has 0 unspecified atom stereocenters. The third-order valence-corrected chi connectivity index (χ3v) is 6.33. The Kier molecular flexibility index (Phi) is 4.75. The lowest BCUT2D eigenvalue weighted by molar-refractivity contribution is 0.910. The van der Waals surface area contributed by atoms with Crippen LogP contribution in [0.2, 0.25) is 0 Å². The Labute approximate surface area is 175 Å². The number of aromatic nitrogens is 3. The maximum Gasteiger partial charge on any atom is 0.283 e. The number of hydrogen-bond donors (Lipinski definition) is 1. The highest BCUT2D eigenvalue weighted by Gasteiger charge is 2.10. The van der Waals surface area contributed by atoms with Crippen molar-refractivity contribution in [3.8, 4) is 0 Å². The van der Waals surface area contributed by atoms with Crippen LogP contribution in [0.25, 0.3) is 15.9 Å². The third-order valence-electron chi connectivity index (χ3n) is 4.45. The molecule has 0 aliphatic heterocycles. The quantitative estimate of drug-likeness (QED) is 0.434. The van der Waals surface area contributed by atoms with E-state index in [9.17, 15) is 4.79 Å². The van der Waals surface area contributed by atoms with Crippen molar-refractivity contribution in [1.29, 1.82) is 0 Å². The lowest BCUT2D eigenvalue weighted by atomic mass is 10.2. The molecule has 0 saturated carbocycles. The molecule has 1 N–H and O–H groups in total. The molecule has 0 saturated heterocycles. The zero-order valence-electron chi connectivity index (χ0n) is 15.3. The summed E-state index contributed by atoms with van der Waals surface area (Å²) in [6.45, 7) is 0.629. The van der Waals surface area contributed by atoms with Gasteiger partial charge in [-0.15, -0.1) is 5.10 Å². The normalized spacial score (nSPS) is 11.2. The van der Waals surface area contributed by atoms with Crippen LogP contribution < -0.4 is 10.9 Å². The van der Waals surface area contributed by atoms with Crippen LogP contribution in [0.5, 0.6) is 0 Å². The van der Waals surface area contributed by atoms with Gasteiger partial charge in [-0.3, -0.25) is 4.79 Å². The number of fused-ring (bicyclic) bond motifs is 2. The highest BCUT2D eigenvalue weighted by Crippen LogP contribution is 2.27. The third kappa shape index (κ3) is 3.74. The second-order valence-electron chi connectivity index (χ2n) is 6.45. The smallest absolute Gasteiger partial charge is 0.283 e. The Morgan fingerprint density at radius 3 is 2.45 bits per heavy atom. The van der Waals surface area contributed by atoms with Crippen LogP contribution in [0.3, 0.4) is 0 Å². The van der Waals surface area contributed by atoms with E-state index in [1.54, 1.807) is 17.8 Å². The molecule has 2 heterocycles. The standard InChI is InChI=1S/C22H16N4OS2/c27-20-18-8-4-5-9-19(18)24-22-26(20)25-21(29-22)23-14-15-10-12-17(13-11-15)28-16-6-2-1-3-7-16/h1-13H,14H2,(H,23,25). The Morgan fingerprint density at radius 2 is 1.62 bits per heavy atom. The zero-order valence-corrected chi connectivity index (χ0v) is 16.9. The maximum absolute atomic E-state index is 12.6. The number of nitrogens with zero attached hydrogens (tertiary/aromatic N) is 3. The van der Waals surface area contributed by atoms with Gasteiger partial charge in [-0.25, -0.2) is 4.98 Å². The van der Waals surface area contributed by atoms with Crippen LogP contribution >= 0.6 is 23.1 Å². The van der Waals surface area contributed by atoms with E-state index in [2.05, 4.69) is 51.8 Å². The molecule has 5 aromatic rings.